The van der Waals surface area contributed by atoms with Crippen LogP contribution in [0.5, 0.6) is 0 Å². The van der Waals surface area contributed by atoms with Gasteiger partial charge in [-0.2, -0.15) is 0 Å². The highest BCUT2D eigenvalue weighted by molar-refractivity contribution is 5.16. The molecule has 0 aliphatic carbocycles. The van der Waals surface area contributed by atoms with Gasteiger partial charge in [-0.3, -0.25) is 0 Å². The molecule has 2 aliphatic heterocycles. The van der Waals surface area contributed by atoms with Gasteiger partial charge in [-0.15, -0.1) is 0 Å². The first kappa shape index (κ1) is 11.9. The smallest absolute Gasteiger partial charge is 0.0912 e. The molecule has 0 bridgehead atoms. The summed E-state index contributed by atoms with van der Waals surface area (Å²) in [5.41, 5.74) is 7.26. The van der Waals surface area contributed by atoms with E-state index in [1.54, 1.807) is 7.11 Å². The summed E-state index contributed by atoms with van der Waals surface area (Å²) in [5.74, 6) is 0. The lowest BCUT2D eigenvalue weighted by molar-refractivity contribution is -0.0986. The van der Waals surface area contributed by atoms with E-state index in [0.717, 1.165) is 45.5 Å². The molecule has 0 aromatic carbocycles. The van der Waals surface area contributed by atoms with Crippen LogP contribution in [0.25, 0.3) is 0 Å². The average Bonchev–Trinajstić information content (AvgIpc) is 2.39. The van der Waals surface area contributed by atoms with Crippen LogP contribution in [-0.4, -0.2) is 38.6 Å². The Balaban J connectivity index is 2.10. The maximum Gasteiger partial charge on any atom is 0.0912 e. The van der Waals surface area contributed by atoms with Crippen LogP contribution >= 0.6 is 0 Å². The second-order valence-corrected chi connectivity index (χ2v) is 4.53. The molecule has 2 aliphatic rings. The molecule has 4 heteroatoms. The molecule has 1 saturated heterocycles. The lowest BCUT2D eigenvalue weighted by Crippen LogP contribution is -2.54. The standard InChI is InChI=1S/C12H21NO3/c1-14-12(4-7-15-8-5-12)11(13)10-3-2-6-16-9-10/h9,11H,2-8,13H2,1H3. The molecular formula is C12H21NO3. The molecule has 0 saturated carbocycles. The quantitative estimate of drug-likeness (QED) is 0.787. The van der Waals surface area contributed by atoms with Crippen molar-refractivity contribution in [2.45, 2.75) is 37.3 Å². The van der Waals surface area contributed by atoms with Crippen LogP contribution in [0.4, 0.5) is 0 Å². The Morgan fingerprint density at radius 3 is 2.69 bits per heavy atom. The normalized spacial score (nSPS) is 26.8. The number of methoxy groups -OCH3 is 1. The summed E-state index contributed by atoms with van der Waals surface area (Å²) >= 11 is 0. The summed E-state index contributed by atoms with van der Waals surface area (Å²) in [5, 5.41) is 0. The van der Waals surface area contributed by atoms with E-state index in [9.17, 15) is 0 Å². The number of hydrogen-bond acceptors (Lipinski definition) is 4. The Kier molecular flexibility index (Phi) is 3.84. The Bertz CT molecular complexity index is 259. The third-order valence-corrected chi connectivity index (χ3v) is 3.67. The van der Waals surface area contributed by atoms with Crippen LogP contribution in [0.1, 0.15) is 25.7 Å². The Morgan fingerprint density at radius 1 is 1.38 bits per heavy atom. The highest BCUT2D eigenvalue weighted by Gasteiger charge is 2.40. The van der Waals surface area contributed by atoms with Gasteiger partial charge >= 0.3 is 0 Å². The van der Waals surface area contributed by atoms with Crippen LogP contribution in [0.15, 0.2) is 11.8 Å². The van der Waals surface area contributed by atoms with E-state index in [1.165, 1.54) is 5.57 Å². The first-order valence-corrected chi connectivity index (χ1v) is 5.97. The summed E-state index contributed by atoms with van der Waals surface area (Å²) < 4.78 is 16.4. The largest absolute Gasteiger partial charge is 0.501 e. The van der Waals surface area contributed by atoms with E-state index in [2.05, 4.69) is 0 Å². The van der Waals surface area contributed by atoms with Gasteiger partial charge in [0, 0.05) is 33.2 Å². The zero-order valence-electron chi connectivity index (χ0n) is 9.91. The molecule has 1 atom stereocenters. The number of nitrogens with two attached hydrogens (primary N) is 1. The fraction of sp³-hybridized carbons (Fsp3) is 0.833. The van der Waals surface area contributed by atoms with Crippen molar-refractivity contribution in [2.75, 3.05) is 26.9 Å². The maximum atomic E-state index is 6.34. The van der Waals surface area contributed by atoms with Crippen molar-refractivity contribution in [2.24, 2.45) is 5.73 Å². The first-order chi connectivity index (χ1) is 7.78. The third-order valence-electron chi connectivity index (χ3n) is 3.67. The van der Waals surface area contributed by atoms with Crippen LogP contribution in [0, 0.1) is 0 Å². The Morgan fingerprint density at radius 2 is 2.12 bits per heavy atom. The van der Waals surface area contributed by atoms with Crippen LogP contribution in [-0.2, 0) is 14.2 Å². The summed E-state index contributed by atoms with van der Waals surface area (Å²) in [6.07, 6.45) is 5.62. The van der Waals surface area contributed by atoms with Gasteiger partial charge < -0.3 is 19.9 Å². The van der Waals surface area contributed by atoms with E-state index in [-0.39, 0.29) is 11.6 Å². The fourth-order valence-electron chi connectivity index (χ4n) is 2.51. The SMILES string of the molecule is COC1(C(N)C2=COCCC2)CCOCC1. The highest BCUT2D eigenvalue weighted by Crippen LogP contribution is 2.32. The second-order valence-electron chi connectivity index (χ2n) is 4.53. The molecule has 1 fully saturated rings. The average molecular weight is 227 g/mol. The summed E-state index contributed by atoms with van der Waals surface area (Å²) in [7, 11) is 1.75. The molecular weight excluding hydrogens is 206 g/mol. The Hall–Kier alpha value is -0.580. The summed E-state index contributed by atoms with van der Waals surface area (Å²) in [4.78, 5) is 0. The molecule has 16 heavy (non-hydrogen) atoms. The third kappa shape index (κ3) is 2.24. The van der Waals surface area contributed by atoms with E-state index < -0.39 is 0 Å². The van der Waals surface area contributed by atoms with Crippen LogP contribution < -0.4 is 5.73 Å². The van der Waals surface area contributed by atoms with Gasteiger partial charge in [-0.05, 0) is 18.4 Å². The summed E-state index contributed by atoms with van der Waals surface area (Å²) in [6, 6.07) is -0.0679. The molecule has 0 radical (unpaired) electrons. The van der Waals surface area contributed by atoms with Crippen molar-refractivity contribution in [1.29, 1.82) is 0 Å². The Labute approximate surface area is 96.7 Å². The van der Waals surface area contributed by atoms with Crippen LogP contribution in [0.3, 0.4) is 0 Å². The van der Waals surface area contributed by atoms with Gasteiger partial charge in [0.25, 0.3) is 0 Å². The van der Waals surface area contributed by atoms with Crippen LogP contribution in [0.2, 0.25) is 0 Å². The van der Waals surface area contributed by atoms with Gasteiger partial charge in [0.15, 0.2) is 0 Å². The van der Waals surface area contributed by atoms with Crippen molar-refractivity contribution >= 4 is 0 Å². The van der Waals surface area contributed by atoms with E-state index in [1.807, 2.05) is 6.26 Å². The minimum absolute atomic E-state index is 0.0679. The lowest BCUT2D eigenvalue weighted by Gasteiger charge is -2.41. The first-order valence-electron chi connectivity index (χ1n) is 5.97. The van der Waals surface area contributed by atoms with Gasteiger partial charge in [0.1, 0.15) is 0 Å². The monoisotopic (exact) mass is 227 g/mol. The van der Waals surface area contributed by atoms with E-state index in [4.69, 9.17) is 19.9 Å². The van der Waals surface area contributed by atoms with Crippen molar-refractivity contribution in [1.82, 2.24) is 0 Å². The molecule has 92 valence electrons. The van der Waals surface area contributed by atoms with Crippen molar-refractivity contribution in [3.05, 3.63) is 11.8 Å². The van der Waals surface area contributed by atoms with Crippen molar-refractivity contribution < 1.29 is 14.2 Å². The van der Waals surface area contributed by atoms with Crippen molar-refractivity contribution in [3.8, 4) is 0 Å². The van der Waals surface area contributed by atoms with Crippen molar-refractivity contribution in [3.63, 3.8) is 0 Å². The minimum Gasteiger partial charge on any atom is -0.501 e. The lowest BCUT2D eigenvalue weighted by atomic mass is 9.81. The number of ether oxygens (including phenoxy) is 3. The zero-order valence-corrected chi connectivity index (χ0v) is 9.91. The molecule has 0 aromatic heterocycles. The predicted molar refractivity (Wildman–Crippen MR) is 61.0 cm³/mol. The fourth-order valence-corrected chi connectivity index (χ4v) is 2.51. The predicted octanol–water partition coefficient (Wildman–Crippen LogP) is 1.20. The second kappa shape index (κ2) is 5.17. The molecule has 2 N–H and O–H groups in total. The summed E-state index contributed by atoms with van der Waals surface area (Å²) in [6.45, 7) is 2.27. The van der Waals surface area contributed by atoms with Gasteiger partial charge in [-0.1, -0.05) is 0 Å². The zero-order chi connectivity index (χ0) is 11.4. The van der Waals surface area contributed by atoms with Gasteiger partial charge in [0.2, 0.25) is 0 Å². The topological polar surface area (TPSA) is 53.7 Å². The molecule has 0 aromatic rings. The van der Waals surface area contributed by atoms with Gasteiger partial charge in [-0.25, -0.2) is 0 Å². The van der Waals surface area contributed by atoms with E-state index in [0.29, 0.717) is 0 Å². The number of hydrogen-bond donors (Lipinski definition) is 1. The molecule has 0 spiro atoms. The maximum absolute atomic E-state index is 6.34. The molecule has 2 rings (SSSR count). The molecule has 1 unspecified atom stereocenters. The highest BCUT2D eigenvalue weighted by atomic mass is 16.5. The molecule has 2 heterocycles. The number of rotatable bonds is 3. The van der Waals surface area contributed by atoms with Gasteiger partial charge in [0.05, 0.1) is 24.5 Å². The molecule has 4 nitrogen and oxygen atoms in total. The molecule has 0 amide bonds. The minimum atomic E-state index is -0.259. The van der Waals surface area contributed by atoms with E-state index >= 15 is 0 Å².